The molecule has 2 aliphatic heterocycles. The lowest BCUT2D eigenvalue weighted by atomic mass is 9.91. The van der Waals surface area contributed by atoms with Crippen molar-refractivity contribution in [3.8, 4) is 0 Å². The molecule has 2 amide bonds. The summed E-state index contributed by atoms with van der Waals surface area (Å²) in [4.78, 5) is 26.0. The van der Waals surface area contributed by atoms with Gasteiger partial charge in [-0.2, -0.15) is 5.10 Å². The standard InChI is InChI=1S/C16H19N3O2/c1-11-9-10-19(14-6-4-3-5-12(11)14)16(21)13-7-8-15(20)18(2)17-13/h3-6,11H,7-10H2,1-2H3/t11-/m0/s1. The molecule has 0 fully saturated rings. The van der Waals surface area contributed by atoms with E-state index >= 15 is 0 Å². The van der Waals surface area contributed by atoms with Gasteiger partial charge in [0, 0.05) is 32.1 Å². The van der Waals surface area contributed by atoms with Gasteiger partial charge in [-0.3, -0.25) is 9.59 Å². The maximum Gasteiger partial charge on any atom is 0.274 e. The van der Waals surface area contributed by atoms with E-state index < -0.39 is 0 Å². The highest BCUT2D eigenvalue weighted by Gasteiger charge is 2.31. The third-order valence-corrected chi connectivity index (χ3v) is 4.24. The van der Waals surface area contributed by atoms with E-state index in [0.29, 0.717) is 31.0 Å². The molecule has 0 aromatic heterocycles. The van der Waals surface area contributed by atoms with Crippen LogP contribution in [0.15, 0.2) is 29.4 Å². The Morgan fingerprint density at radius 2 is 2.05 bits per heavy atom. The smallest absolute Gasteiger partial charge is 0.274 e. The molecule has 0 saturated heterocycles. The molecule has 0 radical (unpaired) electrons. The molecule has 110 valence electrons. The number of carbonyl (C=O) groups is 2. The van der Waals surface area contributed by atoms with Crippen LogP contribution in [0.4, 0.5) is 5.69 Å². The first-order valence-electron chi connectivity index (χ1n) is 7.32. The van der Waals surface area contributed by atoms with Crippen molar-refractivity contribution in [1.82, 2.24) is 5.01 Å². The summed E-state index contributed by atoms with van der Waals surface area (Å²) in [5, 5.41) is 5.41. The SMILES string of the molecule is C[C@H]1CCN(C(=O)C2=NN(C)C(=O)CC2)c2ccccc21. The summed E-state index contributed by atoms with van der Waals surface area (Å²) in [6.45, 7) is 2.89. The summed E-state index contributed by atoms with van der Waals surface area (Å²) < 4.78 is 0. The number of amides is 2. The molecule has 0 unspecified atom stereocenters. The van der Waals surface area contributed by atoms with E-state index in [1.807, 2.05) is 18.2 Å². The highest BCUT2D eigenvalue weighted by Crippen LogP contribution is 2.35. The molecule has 1 aromatic carbocycles. The lowest BCUT2D eigenvalue weighted by Crippen LogP contribution is -2.43. The molecule has 5 nitrogen and oxygen atoms in total. The van der Waals surface area contributed by atoms with Crippen molar-refractivity contribution in [2.45, 2.75) is 32.1 Å². The Bertz CT molecular complexity index is 624. The van der Waals surface area contributed by atoms with Gasteiger partial charge in [0.1, 0.15) is 5.71 Å². The van der Waals surface area contributed by atoms with Crippen molar-refractivity contribution < 1.29 is 9.59 Å². The molecule has 21 heavy (non-hydrogen) atoms. The van der Waals surface area contributed by atoms with Crippen molar-refractivity contribution in [2.75, 3.05) is 18.5 Å². The Balaban J connectivity index is 1.91. The minimum Gasteiger partial charge on any atom is -0.307 e. The predicted molar refractivity (Wildman–Crippen MR) is 81.3 cm³/mol. The monoisotopic (exact) mass is 285 g/mol. The number of carbonyl (C=O) groups excluding carboxylic acids is 2. The first-order chi connectivity index (χ1) is 10.1. The highest BCUT2D eigenvalue weighted by molar-refractivity contribution is 6.44. The van der Waals surface area contributed by atoms with Crippen molar-refractivity contribution in [3.05, 3.63) is 29.8 Å². The fraction of sp³-hybridized carbons (Fsp3) is 0.438. The molecule has 0 aliphatic carbocycles. The molecule has 5 heteroatoms. The zero-order chi connectivity index (χ0) is 15.0. The maximum atomic E-state index is 12.7. The Labute approximate surface area is 124 Å². The van der Waals surface area contributed by atoms with Gasteiger partial charge in [0.2, 0.25) is 5.91 Å². The van der Waals surface area contributed by atoms with Gasteiger partial charge in [-0.1, -0.05) is 25.1 Å². The molecule has 0 saturated carbocycles. The number of hydrazone groups is 1. The van der Waals surface area contributed by atoms with Crippen molar-refractivity contribution in [3.63, 3.8) is 0 Å². The molecule has 0 bridgehead atoms. The van der Waals surface area contributed by atoms with Gasteiger partial charge in [-0.25, -0.2) is 5.01 Å². The third-order valence-electron chi connectivity index (χ3n) is 4.24. The predicted octanol–water partition coefficient (Wildman–Crippen LogP) is 2.13. The normalized spacial score (nSPS) is 21.9. The van der Waals surface area contributed by atoms with Crippen molar-refractivity contribution in [2.24, 2.45) is 5.10 Å². The van der Waals surface area contributed by atoms with E-state index in [1.54, 1.807) is 11.9 Å². The molecule has 2 aliphatic rings. The Morgan fingerprint density at radius 3 is 2.81 bits per heavy atom. The number of para-hydroxylation sites is 1. The van der Waals surface area contributed by atoms with E-state index in [-0.39, 0.29) is 11.8 Å². The number of rotatable bonds is 1. The van der Waals surface area contributed by atoms with Crippen LogP contribution < -0.4 is 4.90 Å². The Kier molecular flexibility index (Phi) is 3.49. The molecule has 0 spiro atoms. The van der Waals surface area contributed by atoms with E-state index in [9.17, 15) is 9.59 Å². The van der Waals surface area contributed by atoms with Gasteiger partial charge in [-0.15, -0.1) is 0 Å². The largest absolute Gasteiger partial charge is 0.307 e. The maximum absolute atomic E-state index is 12.7. The Morgan fingerprint density at radius 1 is 1.29 bits per heavy atom. The van der Waals surface area contributed by atoms with Gasteiger partial charge in [0.15, 0.2) is 0 Å². The fourth-order valence-electron chi connectivity index (χ4n) is 2.94. The average Bonchev–Trinajstić information content (AvgIpc) is 2.50. The summed E-state index contributed by atoms with van der Waals surface area (Å²) in [5.41, 5.74) is 2.66. The molecule has 1 aromatic rings. The first-order valence-corrected chi connectivity index (χ1v) is 7.32. The Hall–Kier alpha value is -2.17. The molecule has 3 rings (SSSR count). The number of hydrogen-bond acceptors (Lipinski definition) is 3. The van der Waals surface area contributed by atoms with Crippen LogP contribution >= 0.6 is 0 Å². The van der Waals surface area contributed by atoms with Gasteiger partial charge >= 0.3 is 0 Å². The van der Waals surface area contributed by atoms with Crippen LogP contribution in [0.25, 0.3) is 0 Å². The van der Waals surface area contributed by atoms with Gasteiger partial charge < -0.3 is 4.90 Å². The third kappa shape index (κ3) is 2.44. The molecule has 0 N–H and O–H groups in total. The van der Waals surface area contributed by atoms with E-state index in [4.69, 9.17) is 0 Å². The summed E-state index contributed by atoms with van der Waals surface area (Å²) in [6, 6.07) is 8.03. The topological polar surface area (TPSA) is 53.0 Å². The number of fused-ring (bicyclic) bond motifs is 1. The zero-order valence-corrected chi connectivity index (χ0v) is 12.4. The number of benzene rings is 1. The zero-order valence-electron chi connectivity index (χ0n) is 12.4. The van der Waals surface area contributed by atoms with Crippen LogP contribution in [0.5, 0.6) is 0 Å². The number of hydrogen-bond donors (Lipinski definition) is 0. The van der Waals surface area contributed by atoms with Crippen LogP contribution in [0.2, 0.25) is 0 Å². The van der Waals surface area contributed by atoms with E-state index in [2.05, 4.69) is 18.1 Å². The van der Waals surface area contributed by atoms with Gasteiger partial charge in [-0.05, 0) is 24.0 Å². The van der Waals surface area contributed by atoms with E-state index in [1.165, 1.54) is 10.6 Å². The molecular weight excluding hydrogens is 266 g/mol. The second kappa shape index (κ2) is 5.31. The summed E-state index contributed by atoms with van der Waals surface area (Å²) >= 11 is 0. The molecule has 2 heterocycles. The lowest BCUT2D eigenvalue weighted by molar-refractivity contribution is -0.130. The second-order valence-corrected chi connectivity index (χ2v) is 5.67. The average molecular weight is 285 g/mol. The quantitative estimate of drug-likeness (QED) is 0.793. The van der Waals surface area contributed by atoms with E-state index in [0.717, 1.165) is 12.1 Å². The van der Waals surface area contributed by atoms with Crippen LogP contribution in [-0.2, 0) is 9.59 Å². The minimum atomic E-state index is -0.0753. The van der Waals surface area contributed by atoms with Crippen LogP contribution in [0, 0.1) is 0 Å². The molecular formula is C16H19N3O2. The van der Waals surface area contributed by atoms with Crippen LogP contribution in [0.3, 0.4) is 0 Å². The van der Waals surface area contributed by atoms with Gasteiger partial charge in [0.25, 0.3) is 5.91 Å². The van der Waals surface area contributed by atoms with Crippen LogP contribution in [-0.4, -0.2) is 36.1 Å². The summed E-state index contributed by atoms with van der Waals surface area (Å²) in [7, 11) is 1.60. The molecule has 1 atom stereocenters. The highest BCUT2D eigenvalue weighted by atomic mass is 16.2. The van der Waals surface area contributed by atoms with Crippen LogP contribution in [0.1, 0.15) is 37.7 Å². The van der Waals surface area contributed by atoms with Crippen molar-refractivity contribution in [1.29, 1.82) is 0 Å². The summed E-state index contributed by atoms with van der Waals surface area (Å²) in [5.74, 6) is 0.343. The van der Waals surface area contributed by atoms with Crippen molar-refractivity contribution >= 4 is 23.2 Å². The number of nitrogens with zero attached hydrogens (tertiary/aromatic N) is 3. The minimum absolute atomic E-state index is 0.0424. The first kappa shape index (κ1) is 13.8. The second-order valence-electron chi connectivity index (χ2n) is 5.67. The number of anilines is 1. The fourth-order valence-corrected chi connectivity index (χ4v) is 2.94. The lowest BCUT2D eigenvalue weighted by Gasteiger charge is -2.33. The summed E-state index contributed by atoms with van der Waals surface area (Å²) in [6.07, 6.45) is 1.73. The van der Waals surface area contributed by atoms with Gasteiger partial charge in [0.05, 0.1) is 0 Å².